The predicted molar refractivity (Wildman–Crippen MR) is 111 cm³/mol. The first kappa shape index (κ1) is 27.1. The zero-order valence-electron chi connectivity index (χ0n) is 17.2. The fourth-order valence-electron chi connectivity index (χ4n) is 3.50. The molecule has 0 aliphatic carbocycles. The van der Waals surface area contributed by atoms with E-state index in [0.29, 0.717) is 28.6 Å². The smallest absolute Gasteiger partial charge is 0.406 e. The number of nitrogens with zero attached hydrogens (tertiary/aromatic N) is 2. The second-order valence-electron chi connectivity index (χ2n) is 7.49. The lowest BCUT2D eigenvalue weighted by molar-refractivity contribution is -0.274. The summed E-state index contributed by atoms with van der Waals surface area (Å²) in [6, 6.07) is 5.77. The van der Waals surface area contributed by atoms with Crippen LogP contribution >= 0.6 is 11.6 Å². The number of sulfone groups is 1. The van der Waals surface area contributed by atoms with E-state index in [1.807, 2.05) is 0 Å². The van der Waals surface area contributed by atoms with E-state index in [1.54, 1.807) is 0 Å². The molecule has 190 valence electrons. The van der Waals surface area contributed by atoms with E-state index in [0.717, 1.165) is 12.1 Å². The van der Waals surface area contributed by atoms with Crippen LogP contribution in [0.15, 0.2) is 46.2 Å². The zero-order chi connectivity index (χ0) is 26.4. The number of hydrogen-bond acceptors (Lipinski definition) is 8. The highest BCUT2D eigenvalue weighted by atomic mass is 35.5. The Morgan fingerprint density at radius 3 is 2.37 bits per heavy atom. The highest BCUT2D eigenvalue weighted by molar-refractivity contribution is 7.92. The molecule has 2 N–H and O–H groups in total. The third-order valence-corrected chi connectivity index (χ3v) is 9.75. The lowest BCUT2D eigenvalue weighted by Gasteiger charge is -2.26. The van der Waals surface area contributed by atoms with Crippen LogP contribution in [0.4, 0.5) is 17.6 Å². The molecule has 1 saturated heterocycles. The van der Waals surface area contributed by atoms with Gasteiger partial charge >= 0.3 is 6.36 Å². The van der Waals surface area contributed by atoms with Crippen molar-refractivity contribution in [3.8, 4) is 11.8 Å². The average Bonchev–Trinajstić information content (AvgIpc) is 3.12. The van der Waals surface area contributed by atoms with Gasteiger partial charge in [0.25, 0.3) is 0 Å². The van der Waals surface area contributed by atoms with Crippen molar-refractivity contribution in [2.45, 2.75) is 27.0 Å². The maximum Gasteiger partial charge on any atom is 0.573 e. The number of alkyl halides is 3. The topological polar surface area (TPSA) is 145 Å². The second kappa shape index (κ2) is 9.19. The molecule has 9 nitrogen and oxygen atoms in total. The van der Waals surface area contributed by atoms with Crippen LogP contribution in [-0.2, 0) is 19.9 Å². The number of β-amino-alcohol motifs (C(OH)–C–C–N with tert-alkyl or cyclic N) is 1. The lowest BCUT2D eigenvalue weighted by atomic mass is 10.1. The largest absolute Gasteiger partial charge is 0.573 e. The molecule has 0 bridgehead atoms. The SMILES string of the molecule is N#Cc1ccc(S(=O)(=O)C2CN(S(=O)(=O)c3ccc(OC(F)(F)F)cc3Cl)C[C@@]2(O)CO)cc1F. The first-order chi connectivity index (χ1) is 16.0. The van der Waals surface area contributed by atoms with Gasteiger partial charge in [0.15, 0.2) is 9.84 Å². The number of nitriles is 1. The number of rotatable bonds is 6. The molecule has 3 rings (SSSR count). The van der Waals surface area contributed by atoms with E-state index in [-0.39, 0.29) is 0 Å². The summed E-state index contributed by atoms with van der Waals surface area (Å²) in [5.41, 5.74) is -2.98. The van der Waals surface area contributed by atoms with Crippen LogP contribution in [0.2, 0.25) is 5.02 Å². The minimum absolute atomic E-state index is 0.454. The third-order valence-electron chi connectivity index (χ3n) is 5.21. The molecule has 35 heavy (non-hydrogen) atoms. The van der Waals surface area contributed by atoms with Gasteiger partial charge in [-0.05, 0) is 30.3 Å². The normalized spacial score (nSPS) is 21.6. The van der Waals surface area contributed by atoms with Gasteiger partial charge in [-0.25, -0.2) is 21.2 Å². The van der Waals surface area contributed by atoms with Crippen LogP contribution < -0.4 is 4.74 Å². The Morgan fingerprint density at radius 2 is 1.86 bits per heavy atom. The van der Waals surface area contributed by atoms with Crippen LogP contribution in [0, 0.1) is 17.1 Å². The molecule has 16 heteroatoms. The van der Waals surface area contributed by atoms with E-state index in [9.17, 15) is 44.6 Å². The first-order valence-corrected chi connectivity index (χ1v) is 12.7. The minimum Gasteiger partial charge on any atom is -0.406 e. The molecule has 1 fully saturated rings. The Labute approximate surface area is 201 Å². The third kappa shape index (κ3) is 5.22. The van der Waals surface area contributed by atoms with E-state index in [1.165, 1.54) is 6.07 Å². The highest BCUT2D eigenvalue weighted by Crippen LogP contribution is 2.37. The number of aliphatic hydroxyl groups is 2. The summed E-state index contributed by atoms with van der Waals surface area (Å²) in [6.07, 6.45) is -5.07. The Balaban J connectivity index is 1.99. The van der Waals surface area contributed by atoms with Crippen molar-refractivity contribution in [1.29, 1.82) is 5.26 Å². The molecule has 0 spiro atoms. The van der Waals surface area contributed by atoms with Gasteiger partial charge in [-0.2, -0.15) is 9.57 Å². The lowest BCUT2D eigenvalue weighted by Crippen LogP contribution is -2.49. The van der Waals surface area contributed by atoms with Crippen LogP contribution in [-0.4, -0.2) is 68.3 Å². The van der Waals surface area contributed by atoms with Crippen molar-refractivity contribution in [3.63, 3.8) is 0 Å². The van der Waals surface area contributed by atoms with Crippen molar-refractivity contribution in [2.24, 2.45) is 0 Å². The summed E-state index contributed by atoms with van der Waals surface area (Å²) in [5, 5.41) is 26.7. The fourth-order valence-corrected chi connectivity index (χ4v) is 7.58. The van der Waals surface area contributed by atoms with E-state index in [2.05, 4.69) is 4.74 Å². The van der Waals surface area contributed by atoms with Gasteiger partial charge in [-0.3, -0.25) is 0 Å². The molecular weight excluding hydrogens is 544 g/mol. The van der Waals surface area contributed by atoms with Crippen molar-refractivity contribution in [2.75, 3.05) is 19.7 Å². The van der Waals surface area contributed by atoms with Gasteiger partial charge < -0.3 is 14.9 Å². The standard InChI is InChI=1S/C19H15ClF4N2O7S2/c20-14-5-12(33-19(22,23)24)2-4-16(14)35(31,32)26-8-17(18(28,9-26)10-27)34(29,30)13-3-1-11(7-25)15(21)6-13/h1-6,17,27-28H,8-10H2/t17?,18-/m1/s1. The molecule has 2 atom stereocenters. The first-order valence-electron chi connectivity index (χ1n) is 9.37. The molecule has 2 aromatic rings. The molecule has 1 aliphatic heterocycles. The van der Waals surface area contributed by atoms with Gasteiger partial charge in [0, 0.05) is 19.2 Å². The van der Waals surface area contributed by atoms with Gasteiger partial charge in [-0.15, -0.1) is 13.2 Å². The van der Waals surface area contributed by atoms with Crippen LogP contribution in [0.5, 0.6) is 5.75 Å². The number of benzene rings is 2. The summed E-state index contributed by atoms with van der Waals surface area (Å²) in [7, 11) is -9.36. The second-order valence-corrected chi connectivity index (χ2v) is 11.9. The maximum absolute atomic E-state index is 14.0. The van der Waals surface area contributed by atoms with Gasteiger partial charge in [0.1, 0.15) is 33.4 Å². The van der Waals surface area contributed by atoms with Crippen molar-refractivity contribution >= 4 is 31.5 Å². The molecule has 1 aliphatic rings. The van der Waals surface area contributed by atoms with Crippen molar-refractivity contribution in [1.82, 2.24) is 4.31 Å². The minimum atomic E-state index is -5.07. The quantitative estimate of drug-likeness (QED) is 0.511. The van der Waals surface area contributed by atoms with Crippen LogP contribution in [0.1, 0.15) is 5.56 Å². The Bertz CT molecular complexity index is 1410. The number of sulfonamides is 1. The van der Waals surface area contributed by atoms with Crippen molar-refractivity contribution in [3.05, 3.63) is 52.8 Å². The highest BCUT2D eigenvalue weighted by Gasteiger charge is 2.55. The summed E-state index contributed by atoms with van der Waals surface area (Å²) in [6.45, 7) is -3.03. The average molecular weight is 559 g/mol. The number of halogens is 5. The summed E-state index contributed by atoms with van der Waals surface area (Å²) >= 11 is 5.84. The molecule has 0 amide bonds. The Kier molecular flexibility index (Phi) is 7.12. The van der Waals surface area contributed by atoms with Gasteiger partial charge in [0.05, 0.1) is 22.1 Å². The van der Waals surface area contributed by atoms with Gasteiger partial charge in [0.2, 0.25) is 10.0 Å². The van der Waals surface area contributed by atoms with E-state index >= 15 is 0 Å². The summed E-state index contributed by atoms with van der Waals surface area (Å²) in [4.78, 5) is -1.38. The monoisotopic (exact) mass is 558 g/mol. The maximum atomic E-state index is 14.0. The van der Waals surface area contributed by atoms with E-state index < -0.39 is 88.7 Å². The molecule has 0 saturated carbocycles. The van der Waals surface area contributed by atoms with Gasteiger partial charge in [-0.1, -0.05) is 11.6 Å². The Hall–Kier alpha value is -2.48. The van der Waals surface area contributed by atoms with Crippen LogP contribution in [0.25, 0.3) is 0 Å². The van der Waals surface area contributed by atoms with E-state index in [4.69, 9.17) is 16.9 Å². The van der Waals surface area contributed by atoms with Crippen LogP contribution in [0.3, 0.4) is 0 Å². The predicted octanol–water partition coefficient (Wildman–Crippen LogP) is 1.82. The molecule has 0 radical (unpaired) electrons. The number of aliphatic hydroxyl groups excluding tert-OH is 1. The fraction of sp³-hybridized carbons (Fsp3) is 0.316. The molecule has 1 heterocycles. The summed E-state index contributed by atoms with van der Waals surface area (Å²) < 4.78 is 108. The number of hydrogen-bond donors (Lipinski definition) is 2. The Morgan fingerprint density at radius 1 is 1.20 bits per heavy atom. The molecular formula is C19H15ClF4N2O7S2. The number of ether oxygens (including phenoxy) is 1. The summed E-state index contributed by atoms with van der Waals surface area (Å²) in [5.74, 6) is -1.98. The van der Waals surface area contributed by atoms with Crippen molar-refractivity contribution < 1.29 is 49.3 Å². The zero-order valence-corrected chi connectivity index (χ0v) is 19.6. The molecule has 2 aromatic carbocycles. The molecule has 1 unspecified atom stereocenters. The molecule has 0 aromatic heterocycles.